The van der Waals surface area contributed by atoms with Crippen molar-refractivity contribution in [2.24, 2.45) is 0 Å². The predicted octanol–water partition coefficient (Wildman–Crippen LogP) is -0.599. The number of fused-ring (bicyclic) bond motifs is 1. The molecule has 0 unspecified atom stereocenters. The minimum atomic E-state index is -4.40. The van der Waals surface area contributed by atoms with Gasteiger partial charge in [0, 0.05) is 10.4 Å². The minimum Gasteiger partial charge on any atom is -0.744 e. The third-order valence-electron chi connectivity index (χ3n) is 2.09. The molecule has 0 aliphatic heterocycles. The summed E-state index contributed by atoms with van der Waals surface area (Å²) in [5.41, 5.74) is 0. The Labute approximate surface area is 120 Å². The molecule has 0 fully saturated rings. The average molecular weight is 265 g/mol. The summed E-state index contributed by atoms with van der Waals surface area (Å²) in [7, 11) is -4.40. The number of rotatable bonds is 1. The molecule has 0 aliphatic rings. The van der Waals surface area contributed by atoms with E-state index in [1.54, 1.807) is 18.2 Å². The SMILES string of the molecule is O=S(=O)([O-])c1ccc2c(Cl)cccc2c1.[Na+]. The first kappa shape index (κ1) is 14.0. The van der Waals surface area contributed by atoms with Gasteiger partial charge in [0.1, 0.15) is 10.1 Å². The van der Waals surface area contributed by atoms with Crippen LogP contribution in [0.3, 0.4) is 0 Å². The van der Waals surface area contributed by atoms with Crippen molar-refractivity contribution in [3.05, 3.63) is 41.4 Å². The van der Waals surface area contributed by atoms with Gasteiger partial charge in [0.2, 0.25) is 0 Å². The van der Waals surface area contributed by atoms with Crippen molar-refractivity contribution in [1.82, 2.24) is 0 Å². The van der Waals surface area contributed by atoms with Crippen LogP contribution in [0, 0.1) is 0 Å². The molecule has 0 saturated carbocycles. The fourth-order valence-corrected chi connectivity index (χ4v) is 2.13. The van der Waals surface area contributed by atoms with Crippen molar-refractivity contribution in [3.63, 3.8) is 0 Å². The molecule has 2 aromatic carbocycles. The van der Waals surface area contributed by atoms with Crippen LogP contribution in [0.15, 0.2) is 41.3 Å². The molecule has 2 rings (SSSR count). The molecule has 78 valence electrons. The fraction of sp³-hybridized carbons (Fsp3) is 0. The van der Waals surface area contributed by atoms with Gasteiger partial charge in [-0.2, -0.15) is 0 Å². The third kappa shape index (κ3) is 2.77. The summed E-state index contributed by atoms with van der Waals surface area (Å²) in [6.07, 6.45) is 0. The van der Waals surface area contributed by atoms with Crippen LogP contribution in [0.2, 0.25) is 5.02 Å². The van der Waals surface area contributed by atoms with E-state index in [2.05, 4.69) is 0 Å². The Morgan fingerprint density at radius 3 is 2.44 bits per heavy atom. The standard InChI is InChI=1S/C10H7ClO3S.Na/c11-10-3-1-2-7-6-8(15(12,13)14)4-5-9(7)10;/h1-6H,(H,12,13,14);/q;+1/p-1. The van der Waals surface area contributed by atoms with Gasteiger partial charge in [-0.25, -0.2) is 8.42 Å². The van der Waals surface area contributed by atoms with E-state index in [-0.39, 0.29) is 34.5 Å². The summed E-state index contributed by atoms with van der Waals surface area (Å²) < 4.78 is 32.3. The van der Waals surface area contributed by atoms with Gasteiger partial charge in [-0.15, -0.1) is 0 Å². The normalized spacial score (nSPS) is 11.1. The van der Waals surface area contributed by atoms with E-state index in [0.29, 0.717) is 10.4 Å². The molecule has 0 saturated heterocycles. The van der Waals surface area contributed by atoms with Crippen LogP contribution in [0.25, 0.3) is 10.8 Å². The maximum absolute atomic E-state index is 10.8. The quantitative estimate of drug-likeness (QED) is 0.511. The summed E-state index contributed by atoms with van der Waals surface area (Å²) in [4.78, 5) is -0.239. The Morgan fingerprint density at radius 1 is 1.12 bits per heavy atom. The van der Waals surface area contributed by atoms with Crippen LogP contribution < -0.4 is 29.6 Å². The van der Waals surface area contributed by atoms with Gasteiger partial charge in [-0.3, -0.25) is 0 Å². The fourth-order valence-electron chi connectivity index (χ4n) is 1.38. The topological polar surface area (TPSA) is 57.2 Å². The average Bonchev–Trinajstić information content (AvgIpc) is 2.16. The summed E-state index contributed by atoms with van der Waals surface area (Å²) in [6.45, 7) is 0. The van der Waals surface area contributed by atoms with Gasteiger partial charge in [0.15, 0.2) is 0 Å². The first-order valence-corrected chi connectivity index (χ1v) is 5.91. The Kier molecular flexibility index (Phi) is 4.40. The van der Waals surface area contributed by atoms with E-state index >= 15 is 0 Å². The zero-order valence-corrected chi connectivity index (χ0v) is 12.0. The van der Waals surface area contributed by atoms with E-state index in [4.69, 9.17) is 11.6 Å². The Bertz CT molecular complexity index is 625. The second kappa shape index (κ2) is 5.04. The summed E-state index contributed by atoms with van der Waals surface area (Å²) in [6, 6.07) is 9.22. The van der Waals surface area contributed by atoms with Crippen LogP contribution in [-0.2, 0) is 10.1 Å². The molecule has 2 aromatic rings. The van der Waals surface area contributed by atoms with Crippen LogP contribution >= 0.6 is 11.6 Å². The smallest absolute Gasteiger partial charge is 0.744 e. The zero-order valence-electron chi connectivity index (χ0n) is 8.48. The van der Waals surface area contributed by atoms with Crippen molar-refractivity contribution in [2.75, 3.05) is 0 Å². The molecule has 0 N–H and O–H groups in total. The summed E-state index contributed by atoms with van der Waals surface area (Å²) in [5.74, 6) is 0. The van der Waals surface area contributed by atoms with Crippen LogP contribution in [0.1, 0.15) is 0 Å². The number of benzene rings is 2. The summed E-state index contributed by atoms with van der Waals surface area (Å²) in [5, 5.41) is 1.90. The van der Waals surface area contributed by atoms with Gasteiger partial charge < -0.3 is 4.55 Å². The van der Waals surface area contributed by atoms with Crippen molar-refractivity contribution < 1.29 is 42.5 Å². The molecular weight excluding hydrogens is 259 g/mol. The van der Waals surface area contributed by atoms with E-state index in [0.717, 1.165) is 5.39 Å². The zero-order chi connectivity index (χ0) is 11.1. The molecule has 0 spiro atoms. The molecule has 0 aromatic heterocycles. The Balaban J connectivity index is 0.00000128. The molecule has 6 heteroatoms. The first-order chi connectivity index (χ1) is 6.98. The van der Waals surface area contributed by atoms with Crippen molar-refractivity contribution >= 4 is 32.5 Å². The maximum Gasteiger partial charge on any atom is 1.00 e. The monoisotopic (exact) mass is 264 g/mol. The number of halogens is 1. The molecule has 16 heavy (non-hydrogen) atoms. The number of hydrogen-bond donors (Lipinski definition) is 0. The van der Waals surface area contributed by atoms with Gasteiger partial charge in [-0.1, -0.05) is 29.8 Å². The molecule has 0 bridgehead atoms. The van der Waals surface area contributed by atoms with Gasteiger partial charge in [0.05, 0.1) is 4.90 Å². The van der Waals surface area contributed by atoms with Gasteiger partial charge in [0.25, 0.3) is 0 Å². The molecular formula is C10H6ClNaO3S. The molecule has 0 amide bonds. The van der Waals surface area contributed by atoms with Crippen LogP contribution in [0.4, 0.5) is 0 Å². The largest absolute Gasteiger partial charge is 1.00 e. The summed E-state index contributed by atoms with van der Waals surface area (Å²) >= 11 is 5.90. The molecule has 3 nitrogen and oxygen atoms in total. The minimum absolute atomic E-state index is 0. The molecule has 0 radical (unpaired) electrons. The number of hydrogen-bond acceptors (Lipinski definition) is 3. The van der Waals surface area contributed by atoms with Crippen molar-refractivity contribution in [1.29, 1.82) is 0 Å². The maximum atomic E-state index is 10.8. The van der Waals surface area contributed by atoms with Crippen molar-refractivity contribution in [3.8, 4) is 0 Å². The van der Waals surface area contributed by atoms with Gasteiger partial charge in [-0.05, 0) is 23.6 Å². The van der Waals surface area contributed by atoms with E-state index < -0.39 is 10.1 Å². The van der Waals surface area contributed by atoms with Crippen LogP contribution in [0.5, 0.6) is 0 Å². The van der Waals surface area contributed by atoms with E-state index in [9.17, 15) is 13.0 Å². The van der Waals surface area contributed by atoms with Gasteiger partial charge >= 0.3 is 29.6 Å². The van der Waals surface area contributed by atoms with E-state index in [1.807, 2.05) is 0 Å². The molecule has 0 aliphatic carbocycles. The Hall–Kier alpha value is -0.100. The van der Waals surface area contributed by atoms with Crippen LogP contribution in [-0.4, -0.2) is 13.0 Å². The second-order valence-electron chi connectivity index (χ2n) is 3.08. The molecule has 0 atom stereocenters. The molecule has 0 heterocycles. The Morgan fingerprint density at radius 2 is 1.81 bits per heavy atom. The van der Waals surface area contributed by atoms with E-state index in [1.165, 1.54) is 18.2 Å². The first-order valence-electron chi connectivity index (χ1n) is 4.13. The predicted molar refractivity (Wildman–Crippen MR) is 56.9 cm³/mol. The van der Waals surface area contributed by atoms with Crippen molar-refractivity contribution in [2.45, 2.75) is 4.90 Å². The third-order valence-corrected chi connectivity index (χ3v) is 3.25. The second-order valence-corrected chi connectivity index (χ2v) is 4.86.